The lowest BCUT2D eigenvalue weighted by molar-refractivity contribution is -0.127. The van der Waals surface area contributed by atoms with Crippen LogP contribution in [0.15, 0.2) is 24.3 Å². The third-order valence-corrected chi connectivity index (χ3v) is 5.38. The van der Waals surface area contributed by atoms with E-state index in [1.165, 1.54) is 12.0 Å². The topological polar surface area (TPSA) is 87.5 Å². The normalized spacial score (nSPS) is 21.4. The fourth-order valence-corrected chi connectivity index (χ4v) is 3.89. The molecule has 0 spiro atoms. The average molecular weight is 389 g/mol. The Morgan fingerprint density at radius 1 is 1.11 bits per heavy atom. The first-order valence-electron chi connectivity index (χ1n) is 10.3. The predicted molar refractivity (Wildman–Crippen MR) is 112 cm³/mol. The summed E-state index contributed by atoms with van der Waals surface area (Å²) in [5.74, 6) is 0.973. The number of rotatable bonds is 8. The summed E-state index contributed by atoms with van der Waals surface area (Å²) >= 11 is 0. The first-order valence-corrected chi connectivity index (χ1v) is 10.3. The molecule has 1 heterocycles. The molecule has 0 radical (unpaired) electrons. The number of hydrogen-bond donors (Lipinski definition) is 3. The van der Waals surface area contributed by atoms with Crippen molar-refractivity contribution in [3.8, 4) is 0 Å². The van der Waals surface area contributed by atoms with Crippen molar-refractivity contribution in [1.82, 2.24) is 15.5 Å². The van der Waals surface area contributed by atoms with E-state index in [4.69, 9.17) is 5.73 Å². The zero-order chi connectivity index (χ0) is 20.7. The Labute approximate surface area is 169 Å². The molecule has 6 heteroatoms. The lowest BCUT2D eigenvalue weighted by Gasteiger charge is -2.35. The predicted octanol–water partition coefficient (Wildman–Crippen LogP) is 1.88. The molecule has 156 valence electrons. The molecule has 1 fully saturated rings. The molecular weight excluding hydrogens is 352 g/mol. The van der Waals surface area contributed by atoms with Crippen LogP contribution >= 0.6 is 0 Å². The Bertz CT molecular complexity index is 652. The molecule has 1 aromatic carbocycles. The molecule has 2 amide bonds. The number of hydrogen-bond acceptors (Lipinski definition) is 4. The molecule has 1 aliphatic rings. The van der Waals surface area contributed by atoms with Crippen LogP contribution in [0.4, 0.5) is 0 Å². The molecule has 0 bridgehead atoms. The highest BCUT2D eigenvalue weighted by atomic mass is 16.2. The molecule has 0 saturated carbocycles. The smallest absolute Gasteiger partial charge is 0.239 e. The Morgan fingerprint density at radius 3 is 2.32 bits per heavy atom. The second-order valence-corrected chi connectivity index (χ2v) is 8.67. The van der Waals surface area contributed by atoms with Crippen LogP contribution < -0.4 is 16.4 Å². The van der Waals surface area contributed by atoms with Crippen LogP contribution in [0.2, 0.25) is 0 Å². The van der Waals surface area contributed by atoms with Crippen LogP contribution in [0.1, 0.15) is 45.2 Å². The maximum Gasteiger partial charge on any atom is 0.239 e. The number of nitrogens with one attached hydrogen (secondary N) is 2. The summed E-state index contributed by atoms with van der Waals surface area (Å²) in [6, 6.07) is 7.64. The standard InChI is InChI=1S/C22H36N4O2/c1-15(2)21(23)22(28)25-11-20(27)24-10-18-7-5-6-8-19(18)14-26-12-16(3)9-17(4)13-26/h5-8,15-17,21H,9-14,23H2,1-4H3,(H,24,27)(H,25,28)/t16?,17?,21-/m0/s1. The van der Waals surface area contributed by atoms with Gasteiger partial charge in [0.05, 0.1) is 12.6 Å². The number of carbonyl (C=O) groups is 2. The number of amides is 2. The third kappa shape index (κ3) is 6.91. The van der Waals surface area contributed by atoms with Gasteiger partial charge in [-0.15, -0.1) is 0 Å². The maximum absolute atomic E-state index is 12.1. The molecule has 3 atom stereocenters. The summed E-state index contributed by atoms with van der Waals surface area (Å²) in [5.41, 5.74) is 8.15. The number of likely N-dealkylation sites (tertiary alicyclic amines) is 1. The van der Waals surface area contributed by atoms with Gasteiger partial charge in [0.2, 0.25) is 11.8 Å². The maximum atomic E-state index is 12.1. The molecule has 4 N–H and O–H groups in total. The molecular formula is C22H36N4O2. The minimum Gasteiger partial charge on any atom is -0.350 e. The van der Waals surface area contributed by atoms with Gasteiger partial charge < -0.3 is 16.4 Å². The number of carbonyl (C=O) groups excluding carboxylic acids is 2. The van der Waals surface area contributed by atoms with E-state index >= 15 is 0 Å². The van der Waals surface area contributed by atoms with E-state index in [0.717, 1.165) is 37.0 Å². The second-order valence-electron chi connectivity index (χ2n) is 8.67. The molecule has 28 heavy (non-hydrogen) atoms. The first-order chi connectivity index (χ1) is 13.3. The zero-order valence-electron chi connectivity index (χ0n) is 17.7. The number of nitrogens with zero attached hydrogens (tertiary/aromatic N) is 1. The number of benzene rings is 1. The minimum atomic E-state index is -0.595. The average Bonchev–Trinajstić information content (AvgIpc) is 2.63. The van der Waals surface area contributed by atoms with Crippen LogP contribution in [0.5, 0.6) is 0 Å². The fourth-order valence-electron chi connectivity index (χ4n) is 3.89. The van der Waals surface area contributed by atoms with Crippen molar-refractivity contribution in [3.63, 3.8) is 0 Å². The summed E-state index contributed by atoms with van der Waals surface area (Å²) in [6.45, 7) is 11.9. The van der Waals surface area contributed by atoms with Gasteiger partial charge in [-0.3, -0.25) is 14.5 Å². The van der Waals surface area contributed by atoms with Gasteiger partial charge in [-0.1, -0.05) is 52.0 Å². The quantitative estimate of drug-likeness (QED) is 0.635. The Hall–Kier alpha value is -1.92. The summed E-state index contributed by atoms with van der Waals surface area (Å²) < 4.78 is 0. The Balaban J connectivity index is 1.85. The van der Waals surface area contributed by atoms with E-state index in [1.54, 1.807) is 0 Å². The van der Waals surface area contributed by atoms with E-state index in [0.29, 0.717) is 6.54 Å². The van der Waals surface area contributed by atoms with Crippen molar-refractivity contribution in [2.24, 2.45) is 23.5 Å². The molecule has 1 saturated heterocycles. The monoisotopic (exact) mass is 388 g/mol. The van der Waals surface area contributed by atoms with E-state index in [1.807, 2.05) is 26.0 Å². The fraction of sp³-hybridized carbons (Fsp3) is 0.636. The molecule has 0 aromatic heterocycles. The highest BCUT2D eigenvalue weighted by Gasteiger charge is 2.22. The van der Waals surface area contributed by atoms with E-state index < -0.39 is 6.04 Å². The van der Waals surface area contributed by atoms with Gasteiger partial charge >= 0.3 is 0 Å². The minimum absolute atomic E-state index is 0.0372. The second kappa shape index (κ2) is 10.6. The molecule has 2 rings (SSSR count). The van der Waals surface area contributed by atoms with E-state index in [2.05, 4.69) is 41.5 Å². The molecule has 6 nitrogen and oxygen atoms in total. The van der Waals surface area contributed by atoms with Gasteiger partial charge in [0.25, 0.3) is 0 Å². The summed E-state index contributed by atoms with van der Waals surface area (Å²) in [7, 11) is 0. The lowest BCUT2D eigenvalue weighted by atomic mass is 9.91. The highest BCUT2D eigenvalue weighted by Crippen LogP contribution is 2.23. The first kappa shape index (κ1) is 22.4. The van der Waals surface area contributed by atoms with Crippen molar-refractivity contribution in [3.05, 3.63) is 35.4 Å². The van der Waals surface area contributed by atoms with Crippen LogP contribution in [0.25, 0.3) is 0 Å². The van der Waals surface area contributed by atoms with Crippen LogP contribution in [-0.4, -0.2) is 42.4 Å². The molecule has 2 unspecified atom stereocenters. The summed E-state index contributed by atoms with van der Waals surface area (Å²) in [5, 5.41) is 5.51. The SMILES string of the molecule is CC1CC(C)CN(Cc2ccccc2CNC(=O)CNC(=O)[C@@H](N)C(C)C)C1. The molecule has 0 aliphatic carbocycles. The van der Waals surface area contributed by atoms with Crippen LogP contribution in [-0.2, 0) is 22.7 Å². The highest BCUT2D eigenvalue weighted by molar-refractivity contribution is 5.87. The van der Waals surface area contributed by atoms with Crippen molar-refractivity contribution in [1.29, 1.82) is 0 Å². The van der Waals surface area contributed by atoms with Gasteiger partial charge in [0.15, 0.2) is 0 Å². The van der Waals surface area contributed by atoms with Crippen molar-refractivity contribution in [2.75, 3.05) is 19.6 Å². The van der Waals surface area contributed by atoms with Crippen molar-refractivity contribution < 1.29 is 9.59 Å². The van der Waals surface area contributed by atoms with Crippen LogP contribution in [0, 0.1) is 17.8 Å². The van der Waals surface area contributed by atoms with Gasteiger partial charge in [-0.25, -0.2) is 0 Å². The van der Waals surface area contributed by atoms with Gasteiger partial charge in [-0.2, -0.15) is 0 Å². The van der Waals surface area contributed by atoms with Gasteiger partial charge in [-0.05, 0) is 35.3 Å². The Kier molecular flexibility index (Phi) is 8.45. The summed E-state index contributed by atoms with van der Waals surface area (Å²) in [6.07, 6.45) is 1.29. The zero-order valence-corrected chi connectivity index (χ0v) is 17.7. The van der Waals surface area contributed by atoms with Crippen molar-refractivity contribution >= 4 is 11.8 Å². The third-order valence-electron chi connectivity index (χ3n) is 5.38. The van der Waals surface area contributed by atoms with E-state index in [-0.39, 0.29) is 24.3 Å². The number of piperidine rings is 1. The molecule has 1 aliphatic heterocycles. The summed E-state index contributed by atoms with van der Waals surface area (Å²) in [4.78, 5) is 26.5. The lowest BCUT2D eigenvalue weighted by Crippen LogP contribution is -2.47. The van der Waals surface area contributed by atoms with Gasteiger partial charge in [0.1, 0.15) is 0 Å². The molecule has 1 aromatic rings. The van der Waals surface area contributed by atoms with Gasteiger partial charge in [0, 0.05) is 26.2 Å². The van der Waals surface area contributed by atoms with E-state index in [9.17, 15) is 9.59 Å². The Morgan fingerprint density at radius 2 is 1.71 bits per heavy atom. The van der Waals surface area contributed by atoms with Crippen molar-refractivity contribution in [2.45, 2.75) is 53.2 Å². The van der Waals surface area contributed by atoms with Crippen LogP contribution in [0.3, 0.4) is 0 Å². The largest absolute Gasteiger partial charge is 0.350 e. The number of nitrogens with two attached hydrogens (primary N) is 1.